The Morgan fingerprint density at radius 1 is 1.07 bits per heavy atom. The van der Waals surface area contributed by atoms with Crippen molar-refractivity contribution in [3.05, 3.63) is 59.7 Å². The summed E-state index contributed by atoms with van der Waals surface area (Å²) < 4.78 is 11.2. The van der Waals surface area contributed by atoms with E-state index in [0.29, 0.717) is 12.0 Å². The van der Waals surface area contributed by atoms with Crippen molar-refractivity contribution in [2.75, 3.05) is 0 Å². The van der Waals surface area contributed by atoms with Crippen molar-refractivity contribution in [1.29, 1.82) is 0 Å². The maximum Gasteiger partial charge on any atom is 0.333 e. The molecule has 3 rings (SSSR count). The van der Waals surface area contributed by atoms with Crippen molar-refractivity contribution in [2.24, 2.45) is 0 Å². The Kier molecular flexibility index (Phi) is 7.08. The van der Waals surface area contributed by atoms with Gasteiger partial charge in [0.1, 0.15) is 12.7 Å². The predicted molar refractivity (Wildman–Crippen MR) is 115 cm³/mol. The van der Waals surface area contributed by atoms with E-state index in [-0.39, 0.29) is 24.6 Å². The molecule has 0 amide bonds. The van der Waals surface area contributed by atoms with Gasteiger partial charge in [-0.15, -0.1) is 0 Å². The highest BCUT2D eigenvalue weighted by molar-refractivity contribution is 5.93. The van der Waals surface area contributed by atoms with Crippen molar-refractivity contribution < 1.29 is 19.1 Å². The van der Waals surface area contributed by atoms with Crippen LogP contribution in [0.1, 0.15) is 69.4 Å². The zero-order chi connectivity index (χ0) is 20.8. The molecule has 1 fully saturated rings. The third kappa shape index (κ3) is 5.06. The second kappa shape index (κ2) is 9.73. The summed E-state index contributed by atoms with van der Waals surface area (Å²) in [6.45, 7) is 7.45. The minimum atomic E-state index is -0.402. The standard InChI is InChI=1S/C25H30O4/c1-4-20(25(27)29-19-11-6-5-7-12-19)22-15-9-13-21-18(10-8-14-23(21)22)16-28-24(26)17(2)3/h8-10,13-15,19-20H,2,4-7,11-12,16H2,1,3H3. The minimum Gasteiger partial charge on any atom is -0.462 e. The molecule has 2 aromatic carbocycles. The zero-order valence-electron chi connectivity index (χ0n) is 17.4. The van der Waals surface area contributed by atoms with Crippen LogP contribution >= 0.6 is 0 Å². The number of rotatable bonds is 7. The molecule has 1 unspecified atom stereocenters. The van der Waals surface area contributed by atoms with E-state index in [4.69, 9.17) is 9.47 Å². The number of fused-ring (bicyclic) bond motifs is 1. The second-order valence-electron chi connectivity index (χ2n) is 7.87. The first-order valence-corrected chi connectivity index (χ1v) is 10.5. The predicted octanol–water partition coefficient (Wildman–Crippen LogP) is 5.83. The van der Waals surface area contributed by atoms with E-state index in [1.54, 1.807) is 6.92 Å². The molecule has 0 aromatic heterocycles. The number of benzene rings is 2. The first kappa shape index (κ1) is 21.1. The number of hydrogen-bond acceptors (Lipinski definition) is 4. The number of hydrogen-bond donors (Lipinski definition) is 0. The molecular weight excluding hydrogens is 364 g/mol. The third-order valence-corrected chi connectivity index (χ3v) is 5.66. The van der Waals surface area contributed by atoms with Gasteiger partial charge in [-0.2, -0.15) is 0 Å². The van der Waals surface area contributed by atoms with Gasteiger partial charge in [-0.05, 0) is 60.9 Å². The van der Waals surface area contributed by atoms with Crippen molar-refractivity contribution in [1.82, 2.24) is 0 Å². The van der Waals surface area contributed by atoms with Crippen LogP contribution in [0.15, 0.2) is 48.6 Å². The smallest absolute Gasteiger partial charge is 0.333 e. The fraction of sp³-hybridized carbons (Fsp3) is 0.440. The molecule has 1 saturated carbocycles. The van der Waals surface area contributed by atoms with Gasteiger partial charge in [-0.1, -0.05) is 56.3 Å². The third-order valence-electron chi connectivity index (χ3n) is 5.66. The molecule has 1 aliphatic rings. The lowest BCUT2D eigenvalue weighted by Crippen LogP contribution is -2.25. The molecule has 4 heteroatoms. The van der Waals surface area contributed by atoms with E-state index in [1.807, 2.05) is 43.3 Å². The van der Waals surface area contributed by atoms with Crippen LogP contribution in [0.3, 0.4) is 0 Å². The maximum atomic E-state index is 13.0. The van der Waals surface area contributed by atoms with Crippen molar-refractivity contribution in [3.8, 4) is 0 Å². The van der Waals surface area contributed by atoms with Crippen LogP contribution in [0, 0.1) is 0 Å². The summed E-state index contributed by atoms with van der Waals surface area (Å²) in [4.78, 5) is 24.7. The lowest BCUT2D eigenvalue weighted by Gasteiger charge is -2.25. The van der Waals surface area contributed by atoms with E-state index >= 15 is 0 Å². The molecule has 1 aliphatic carbocycles. The summed E-state index contributed by atoms with van der Waals surface area (Å²) in [5.41, 5.74) is 2.26. The van der Waals surface area contributed by atoms with Gasteiger partial charge < -0.3 is 9.47 Å². The molecule has 0 radical (unpaired) electrons. The monoisotopic (exact) mass is 394 g/mol. The van der Waals surface area contributed by atoms with E-state index in [0.717, 1.165) is 47.6 Å². The van der Waals surface area contributed by atoms with E-state index in [1.165, 1.54) is 6.42 Å². The second-order valence-corrected chi connectivity index (χ2v) is 7.87. The summed E-state index contributed by atoms with van der Waals surface area (Å²) in [5, 5.41) is 1.99. The van der Waals surface area contributed by atoms with Gasteiger partial charge in [0, 0.05) is 5.57 Å². The van der Waals surface area contributed by atoms with Crippen LogP contribution in [0.4, 0.5) is 0 Å². The molecule has 1 atom stereocenters. The molecule has 0 aliphatic heterocycles. The molecule has 0 saturated heterocycles. The molecule has 29 heavy (non-hydrogen) atoms. The average Bonchev–Trinajstić information content (AvgIpc) is 2.73. The summed E-state index contributed by atoms with van der Waals surface area (Å²) in [5.74, 6) is -0.833. The van der Waals surface area contributed by atoms with Gasteiger partial charge >= 0.3 is 11.9 Å². The van der Waals surface area contributed by atoms with Gasteiger partial charge in [0.05, 0.1) is 5.92 Å². The molecule has 2 aromatic rings. The number of carbonyl (C=O) groups is 2. The lowest BCUT2D eigenvalue weighted by atomic mass is 9.90. The zero-order valence-corrected chi connectivity index (χ0v) is 17.4. The summed E-state index contributed by atoms with van der Waals surface area (Å²) in [7, 11) is 0. The Morgan fingerprint density at radius 3 is 2.45 bits per heavy atom. The number of carbonyl (C=O) groups excluding carboxylic acids is 2. The normalized spacial score (nSPS) is 15.7. The van der Waals surface area contributed by atoms with Gasteiger partial charge in [0.25, 0.3) is 0 Å². The Morgan fingerprint density at radius 2 is 1.76 bits per heavy atom. The van der Waals surface area contributed by atoms with Gasteiger partial charge in [0.15, 0.2) is 0 Å². The molecule has 0 spiro atoms. The fourth-order valence-corrected chi connectivity index (χ4v) is 4.04. The van der Waals surface area contributed by atoms with Crippen LogP contribution < -0.4 is 0 Å². The highest BCUT2D eigenvalue weighted by Gasteiger charge is 2.26. The lowest BCUT2D eigenvalue weighted by molar-refractivity contribution is -0.152. The van der Waals surface area contributed by atoms with E-state index in [2.05, 4.69) is 6.58 Å². The first-order chi connectivity index (χ1) is 14.0. The van der Waals surface area contributed by atoms with Crippen LogP contribution in [0.25, 0.3) is 10.8 Å². The van der Waals surface area contributed by atoms with Gasteiger partial charge in [0.2, 0.25) is 0 Å². The Balaban J connectivity index is 1.85. The highest BCUT2D eigenvalue weighted by Crippen LogP contribution is 2.32. The summed E-state index contributed by atoms with van der Waals surface area (Å²) in [6.07, 6.45) is 6.17. The van der Waals surface area contributed by atoms with Gasteiger partial charge in [-0.3, -0.25) is 4.79 Å². The van der Waals surface area contributed by atoms with Crippen LogP contribution in [-0.2, 0) is 25.7 Å². The van der Waals surface area contributed by atoms with E-state index < -0.39 is 5.97 Å². The van der Waals surface area contributed by atoms with Crippen molar-refractivity contribution in [2.45, 2.75) is 71.0 Å². The van der Waals surface area contributed by atoms with Crippen LogP contribution in [0.5, 0.6) is 0 Å². The molecule has 0 bridgehead atoms. The fourth-order valence-electron chi connectivity index (χ4n) is 4.04. The van der Waals surface area contributed by atoms with E-state index in [9.17, 15) is 9.59 Å². The van der Waals surface area contributed by atoms with Crippen LogP contribution in [-0.4, -0.2) is 18.0 Å². The van der Waals surface area contributed by atoms with Crippen molar-refractivity contribution >= 4 is 22.7 Å². The Bertz CT molecular complexity index is 893. The Labute approximate surface area is 172 Å². The minimum absolute atomic E-state index is 0.0531. The topological polar surface area (TPSA) is 52.6 Å². The highest BCUT2D eigenvalue weighted by atomic mass is 16.5. The molecule has 0 heterocycles. The number of ether oxygens (including phenoxy) is 2. The molecule has 4 nitrogen and oxygen atoms in total. The van der Waals surface area contributed by atoms with Gasteiger partial charge in [-0.25, -0.2) is 4.79 Å². The quantitative estimate of drug-likeness (QED) is 0.438. The molecule has 0 N–H and O–H groups in total. The van der Waals surface area contributed by atoms with Crippen molar-refractivity contribution in [3.63, 3.8) is 0 Å². The Hall–Kier alpha value is -2.62. The molecule has 154 valence electrons. The largest absolute Gasteiger partial charge is 0.462 e. The first-order valence-electron chi connectivity index (χ1n) is 10.5. The summed E-state index contributed by atoms with van der Waals surface area (Å²) >= 11 is 0. The summed E-state index contributed by atoms with van der Waals surface area (Å²) in [6, 6.07) is 11.9. The SMILES string of the molecule is C=C(C)C(=O)OCc1cccc2c(C(CC)C(=O)OC3CCCCC3)cccc12. The average molecular weight is 395 g/mol. The maximum absolute atomic E-state index is 13.0. The number of esters is 2. The van der Waals surface area contributed by atoms with Crippen LogP contribution in [0.2, 0.25) is 0 Å². The molecular formula is C25H30O4.